The Kier molecular flexibility index (Phi) is 4.81. The Labute approximate surface area is 120 Å². The zero-order chi connectivity index (χ0) is 14.8. The summed E-state index contributed by atoms with van der Waals surface area (Å²) in [6.07, 6.45) is 5.15. The van der Waals surface area contributed by atoms with Crippen LogP contribution in [0.15, 0.2) is 4.52 Å². The quantitative estimate of drug-likeness (QED) is 0.886. The molecular formula is C15H27N3O2. The first kappa shape index (κ1) is 15.4. The van der Waals surface area contributed by atoms with Crippen molar-refractivity contribution in [1.29, 1.82) is 0 Å². The number of nitrogens with zero attached hydrogens (tertiary/aromatic N) is 2. The molecule has 0 radical (unpaired) electrons. The van der Waals surface area contributed by atoms with Crippen molar-refractivity contribution in [3.63, 3.8) is 0 Å². The molecule has 1 aromatic heterocycles. The minimum absolute atomic E-state index is 0.0373. The molecule has 0 bridgehead atoms. The fourth-order valence-corrected chi connectivity index (χ4v) is 3.04. The molecular weight excluding hydrogens is 254 g/mol. The van der Waals surface area contributed by atoms with Crippen molar-refractivity contribution in [2.45, 2.75) is 64.8 Å². The Bertz CT molecular complexity index is 417. The third-order valence-corrected chi connectivity index (χ3v) is 4.53. The van der Waals surface area contributed by atoms with Gasteiger partial charge in [0.15, 0.2) is 5.82 Å². The molecule has 3 N–H and O–H groups in total. The number of hydrogen-bond acceptors (Lipinski definition) is 5. The Hall–Kier alpha value is -0.940. The summed E-state index contributed by atoms with van der Waals surface area (Å²) in [4.78, 5) is 4.43. The normalized spacial score (nSPS) is 25.6. The zero-order valence-electron chi connectivity index (χ0n) is 12.8. The van der Waals surface area contributed by atoms with Crippen molar-refractivity contribution in [3.05, 3.63) is 11.7 Å². The number of hydrogen-bond donors (Lipinski definition) is 2. The molecule has 0 aromatic carbocycles. The van der Waals surface area contributed by atoms with Crippen LogP contribution in [0.5, 0.6) is 0 Å². The lowest BCUT2D eigenvalue weighted by Gasteiger charge is -2.36. The predicted octanol–water partition coefficient (Wildman–Crippen LogP) is 2.77. The van der Waals surface area contributed by atoms with Crippen LogP contribution in [0.4, 0.5) is 0 Å². The van der Waals surface area contributed by atoms with E-state index in [1.165, 1.54) is 12.8 Å². The van der Waals surface area contributed by atoms with E-state index in [-0.39, 0.29) is 12.6 Å². The van der Waals surface area contributed by atoms with E-state index in [0.29, 0.717) is 23.6 Å². The second kappa shape index (κ2) is 6.22. The third-order valence-electron chi connectivity index (χ3n) is 4.53. The molecule has 5 heteroatoms. The summed E-state index contributed by atoms with van der Waals surface area (Å²) in [6, 6.07) is -0.354. The lowest BCUT2D eigenvalue weighted by atomic mass is 9.70. The molecule has 2 rings (SSSR count). The number of aliphatic hydroxyl groups excluding tert-OH is 1. The Balaban J connectivity index is 1.94. The fraction of sp³-hybridized carbons (Fsp3) is 0.867. The van der Waals surface area contributed by atoms with Gasteiger partial charge in [0.2, 0.25) is 5.89 Å². The van der Waals surface area contributed by atoms with E-state index >= 15 is 0 Å². The van der Waals surface area contributed by atoms with Crippen LogP contribution in [0.25, 0.3) is 0 Å². The molecule has 0 aliphatic heterocycles. The van der Waals surface area contributed by atoms with Gasteiger partial charge in [-0.1, -0.05) is 25.9 Å². The minimum atomic E-state index is -0.354. The molecule has 0 spiro atoms. The van der Waals surface area contributed by atoms with Gasteiger partial charge in [-0.2, -0.15) is 4.98 Å². The van der Waals surface area contributed by atoms with Gasteiger partial charge in [-0.15, -0.1) is 0 Å². The van der Waals surface area contributed by atoms with Gasteiger partial charge in [-0.05, 0) is 43.4 Å². The van der Waals surface area contributed by atoms with Gasteiger partial charge < -0.3 is 15.4 Å². The maximum atomic E-state index is 8.89. The third kappa shape index (κ3) is 3.58. The Morgan fingerprint density at radius 3 is 2.50 bits per heavy atom. The maximum absolute atomic E-state index is 8.89. The summed E-state index contributed by atoms with van der Waals surface area (Å²) in [5.41, 5.74) is 6.26. The van der Waals surface area contributed by atoms with Crippen LogP contribution in [0.3, 0.4) is 0 Å². The van der Waals surface area contributed by atoms with E-state index in [4.69, 9.17) is 15.4 Å². The van der Waals surface area contributed by atoms with Gasteiger partial charge in [0.25, 0.3) is 0 Å². The van der Waals surface area contributed by atoms with Crippen molar-refractivity contribution in [1.82, 2.24) is 10.1 Å². The van der Waals surface area contributed by atoms with Crippen molar-refractivity contribution in [2.75, 3.05) is 6.61 Å². The molecule has 1 saturated carbocycles. The maximum Gasteiger partial charge on any atom is 0.243 e. The highest BCUT2D eigenvalue weighted by Crippen LogP contribution is 2.42. The fourth-order valence-electron chi connectivity index (χ4n) is 3.04. The molecule has 1 unspecified atom stereocenters. The van der Waals surface area contributed by atoms with Gasteiger partial charge in [-0.3, -0.25) is 0 Å². The average molecular weight is 281 g/mol. The smallest absolute Gasteiger partial charge is 0.243 e. The van der Waals surface area contributed by atoms with E-state index in [9.17, 15) is 0 Å². The summed E-state index contributed by atoms with van der Waals surface area (Å²) < 4.78 is 5.23. The van der Waals surface area contributed by atoms with E-state index in [2.05, 4.69) is 30.9 Å². The van der Waals surface area contributed by atoms with Crippen LogP contribution >= 0.6 is 0 Å². The first-order chi connectivity index (χ1) is 9.41. The minimum Gasteiger partial charge on any atom is -0.396 e. The van der Waals surface area contributed by atoms with Gasteiger partial charge in [0.05, 0.1) is 6.04 Å². The van der Waals surface area contributed by atoms with E-state index < -0.39 is 0 Å². The van der Waals surface area contributed by atoms with Crippen molar-refractivity contribution < 1.29 is 9.63 Å². The zero-order valence-corrected chi connectivity index (χ0v) is 12.8. The highest BCUT2D eigenvalue weighted by Gasteiger charge is 2.32. The SMILES string of the molecule is CC(C)(C)C1CCC(c2noc(C(N)CCO)n2)CC1. The molecule has 1 aliphatic carbocycles. The summed E-state index contributed by atoms with van der Waals surface area (Å²) >= 11 is 0. The molecule has 5 nitrogen and oxygen atoms in total. The van der Waals surface area contributed by atoms with Crippen LogP contribution in [0.1, 0.15) is 76.6 Å². The van der Waals surface area contributed by atoms with Crippen LogP contribution in [0.2, 0.25) is 0 Å². The topological polar surface area (TPSA) is 85.2 Å². The molecule has 1 atom stereocenters. The lowest BCUT2D eigenvalue weighted by molar-refractivity contribution is 0.166. The van der Waals surface area contributed by atoms with Crippen molar-refractivity contribution in [2.24, 2.45) is 17.1 Å². The van der Waals surface area contributed by atoms with Crippen molar-refractivity contribution in [3.8, 4) is 0 Å². The van der Waals surface area contributed by atoms with Crippen LogP contribution in [0, 0.1) is 11.3 Å². The molecule has 0 saturated heterocycles. The summed E-state index contributed by atoms with van der Waals surface area (Å²) in [5.74, 6) is 2.42. The van der Waals surface area contributed by atoms with Crippen LogP contribution in [-0.2, 0) is 0 Å². The second-order valence-corrected chi connectivity index (χ2v) is 7.02. The second-order valence-electron chi connectivity index (χ2n) is 7.02. The first-order valence-electron chi connectivity index (χ1n) is 7.61. The van der Waals surface area contributed by atoms with E-state index in [1.807, 2.05) is 0 Å². The average Bonchev–Trinajstić information content (AvgIpc) is 2.88. The Morgan fingerprint density at radius 1 is 1.30 bits per heavy atom. The number of nitrogens with two attached hydrogens (primary N) is 1. The standard InChI is InChI=1S/C15H27N3O2/c1-15(2,3)11-6-4-10(5-7-11)13-17-14(20-18-13)12(16)8-9-19/h10-12,19H,4-9,16H2,1-3H3. The predicted molar refractivity (Wildman–Crippen MR) is 77.1 cm³/mol. The molecule has 1 aromatic rings. The lowest BCUT2D eigenvalue weighted by Crippen LogP contribution is -2.25. The van der Waals surface area contributed by atoms with Gasteiger partial charge in [0.1, 0.15) is 0 Å². The molecule has 1 aliphatic rings. The summed E-state index contributed by atoms with van der Waals surface area (Å²) in [7, 11) is 0. The molecule has 1 fully saturated rings. The summed E-state index contributed by atoms with van der Waals surface area (Å²) in [5, 5.41) is 13.0. The van der Waals surface area contributed by atoms with Gasteiger partial charge in [0, 0.05) is 12.5 Å². The van der Waals surface area contributed by atoms with E-state index in [0.717, 1.165) is 24.6 Å². The van der Waals surface area contributed by atoms with Gasteiger partial charge >= 0.3 is 0 Å². The number of aromatic nitrogens is 2. The number of aliphatic hydroxyl groups is 1. The Morgan fingerprint density at radius 2 is 1.95 bits per heavy atom. The van der Waals surface area contributed by atoms with Crippen LogP contribution in [-0.4, -0.2) is 21.9 Å². The number of rotatable bonds is 4. The molecule has 20 heavy (non-hydrogen) atoms. The monoisotopic (exact) mass is 281 g/mol. The molecule has 0 amide bonds. The first-order valence-corrected chi connectivity index (χ1v) is 7.61. The highest BCUT2D eigenvalue weighted by molar-refractivity contribution is 5.00. The van der Waals surface area contributed by atoms with E-state index in [1.54, 1.807) is 0 Å². The highest BCUT2D eigenvalue weighted by atomic mass is 16.5. The van der Waals surface area contributed by atoms with Gasteiger partial charge in [-0.25, -0.2) is 0 Å². The molecule has 114 valence electrons. The largest absolute Gasteiger partial charge is 0.396 e. The van der Waals surface area contributed by atoms with Crippen LogP contribution < -0.4 is 5.73 Å². The van der Waals surface area contributed by atoms with Crippen molar-refractivity contribution >= 4 is 0 Å². The summed E-state index contributed by atoms with van der Waals surface area (Å²) in [6.45, 7) is 6.99. The molecule has 1 heterocycles.